The number of hydrogen-bond donors (Lipinski definition) is 0. The average molecular weight is 728 g/mol. The molecule has 0 N–H and O–H groups in total. The highest BCUT2D eigenvalue weighted by Gasteiger charge is 2.25. The molecule has 0 fully saturated rings. The molecule has 0 aliphatic rings. The third kappa shape index (κ3) is 4.01. The summed E-state index contributed by atoms with van der Waals surface area (Å²) in [6, 6.07) is 64.0. The Morgan fingerprint density at radius 2 is 0.982 bits per heavy atom. The van der Waals surface area contributed by atoms with Gasteiger partial charge in [-0.3, -0.25) is 4.57 Å². The predicted octanol–water partition coefficient (Wildman–Crippen LogP) is 14.5. The van der Waals surface area contributed by atoms with E-state index in [1.165, 1.54) is 74.0 Å². The fourth-order valence-electron chi connectivity index (χ4n) is 9.53. The van der Waals surface area contributed by atoms with Gasteiger partial charge in [-0.25, -0.2) is 9.97 Å². The molecule has 56 heavy (non-hydrogen) atoms. The summed E-state index contributed by atoms with van der Waals surface area (Å²) < 4.78 is 4.93. The van der Waals surface area contributed by atoms with E-state index in [0.717, 1.165) is 49.9 Å². The molecule has 3 heterocycles. The maximum atomic E-state index is 5.79. The van der Waals surface area contributed by atoms with Gasteiger partial charge in [-0.1, -0.05) is 158 Å². The second kappa shape index (κ2) is 11.2. The van der Waals surface area contributed by atoms with E-state index in [1.54, 1.807) is 0 Å². The monoisotopic (exact) mass is 727 g/mol. The maximum absolute atomic E-state index is 5.79. The Morgan fingerprint density at radius 3 is 1.79 bits per heavy atom. The quantitative estimate of drug-likeness (QED) is 0.166. The molecule has 0 aliphatic heterocycles. The summed E-state index contributed by atoms with van der Waals surface area (Å²) >= 11 is 1.83. The van der Waals surface area contributed by atoms with Gasteiger partial charge in [0.25, 0.3) is 0 Å². The van der Waals surface area contributed by atoms with Crippen molar-refractivity contribution in [2.45, 2.75) is 0 Å². The van der Waals surface area contributed by atoms with Crippen molar-refractivity contribution in [3.05, 3.63) is 176 Å². The molecule has 4 heteroatoms. The number of fused-ring (bicyclic) bond motifs is 18. The van der Waals surface area contributed by atoms with Gasteiger partial charge < -0.3 is 0 Å². The summed E-state index contributed by atoms with van der Waals surface area (Å²) in [5.74, 6) is 0.833. The van der Waals surface area contributed by atoms with Gasteiger partial charge in [0.2, 0.25) is 0 Å². The second-order valence-electron chi connectivity index (χ2n) is 14.8. The third-order valence-corrected chi connectivity index (χ3v) is 13.2. The number of thiophene rings is 1. The van der Waals surface area contributed by atoms with Crippen LogP contribution in [0.15, 0.2) is 176 Å². The lowest BCUT2D eigenvalue weighted by Gasteiger charge is -2.16. The van der Waals surface area contributed by atoms with Crippen molar-refractivity contribution < 1.29 is 0 Å². The second-order valence-corrected chi connectivity index (χ2v) is 15.9. The molecule has 0 saturated heterocycles. The van der Waals surface area contributed by atoms with Gasteiger partial charge >= 0.3 is 0 Å². The van der Waals surface area contributed by atoms with Gasteiger partial charge in [0.15, 0.2) is 5.82 Å². The predicted molar refractivity (Wildman–Crippen MR) is 240 cm³/mol. The molecule has 0 atom stereocenters. The zero-order chi connectivity index (χ0) is 36.5. The third-order valence-electron chi connectivity index (χ3n) is 11.9. The summed E-state index contributed by atoms with van der Waals surface area (Å²) in [5.41, 5.74) is 6.00. The Balaban J connectivity index is 1.28. The van der Waals surface area contributed by atoms with E-state index in [0.29, 0.717) is 0 Å². The van der Waals surface area contributed by atoms with Gasteiger partial charge in [0.05, 0.1) is 22.1 Å². The molecular formula is C52H29N3S. The first-order valence-electron chi connectivity index (χ1n) is 19.1. The summed E-state index contributed by atoms with van der Waals surface area (Å²) in [6.45, 7) is 0. The zero-order valence-corrected chi connectivity index (χ0v) is 30.8. The van der Waals surface area contributed by atoms with Crippen molar-refractivity contribution in [3.8, 4) is 17.1 Å². The Morgan fingerprint density at radius 1 is 0.393 bits per heavy atom. The van der Waals surface area contributed by atoms with Crippen LogP contribution in [0, 0.1) is 0 Å². The van der Waals surface area contributed by atoms with Crippen LogP contribution in [-0.4, -0.2) is 14.5 Å². The number of nitrogens with zero attached hydrogens (tertiary/aromatic N) is 3. The van der Waals surface area contributed by atoms with E-state index >= 15 is 0 Å². The largest absolute Gasteiger partial charge is 0.291 e. The first-order valence-corrected chi connectivity index (χ1v) is 19.9. The molecule has 13 aromatic rings. The summed E-state index contributed by atoms with van der Waals surface area (Å²) in [6.07, 6.45) is 0. The normalized spacial score (nSPS) is 12.3. The molecule has 258 valence electrons. The minimum Gasteiger partial charge on any atom is -0.291 e. The van der Waals surface area contributed by atoms with Crippen LogP contribution in [-0.2, 0) is 0 Å². The fourth-order valence-corrected chi connectivity index (χ4v) is 10.7. The van der Waals surface area contributed by atoms with Crippen molar-refractivity contribution in [1.29, 1.82) is 0 Å². The van der Waals surface area contributed by atoms with Crippen LogP contribution in [0.1, 0.15) is 0 Å². The molecule has 0 saturated carbocycles. The van der Waals surface area contributed by atoms with Gasteiger partial charge in [0, 0.05) is 52.7 Å². The van der Waals surface area contributed by atoms with Crippen LogP contribution in [0.5, 0.6) is 0 Å². The topological polar surface area (TPSA) is 30.7 Å². The first-order chi connectivity index (χ1) is 27.8. The minimum absolute atomic E-state index is 0.833. The lowest BCUT2D eigenvalue weighted by Crippen LogP contribution is -2.04. The molecular weight excluding hydrogens is 699 g/mol. The molecule has 3 aromatic heterocycles. The first kappa shape index (κ1) is 30.2. The summed E-state index contributed by atoms with van der Waals surface area (Å²) in [4.78, 5) is 11.4. The molecule has 13 rings (SSSR count). The lowest BCUT2D eigenvalue weighted by molar-refractivity contribution is 1.09. The molecule has 0 aliphatic carbocycles. The Kier molecular flexibility index (Phi) is 6.04. The van der Waals surface area contributed by atoms with E-state index in [4.69, 9.17) is 9.97 Å². The fraction of sp³-hybridized carbons (Fsp3) is 0. The number of hydrogen-bond acceptors (Lipinski definition) is 3. The highest BCUT2D eigenvalue weighted by molar-refractivity contribution is 7.26. The van der Waals surface area contributed by atoms with Crippen LogP contribution in [0.2, 0.25) is 0 Å². The van der Waals surface area contributed by atoms with Crippen molar-refractivity contribution >= 4 is 118 Å². The molecule has 0 bridgehead atoms. The van der Waals surface area contributed by atoms with Gasteiger partial charge in [0.1, 0.15) is 5.69 Å². The van der Waals surface area contributed by atoms with E-state index in [2.05, 4.69) is 180 Å². The van der Waals surface area contributed by atoms with E-state index in [1.807, 2.05) is 11.3 Å². The van der Waals surface area contributed by atoms with Crippen LogP contribution < -0.4 is 0 Å². The number of aromatic nitrogens is 3. The number of benzene rings is 10. The zero-order valence-electron chi connectivity index (χ0n) is 30.0. The number of rotatable bonds is 2. The van der Waals surface area contributed by atoms with Crippen LogP contribution >= 0.6 is 11.3 Å². The van der Waals surface area contributed by atoms with E-state index in [-0.39, 0.29) is 0 Å². The van der Waals surface area contributed by atoms with Crippen LogP contribution in [0.25, 0.3) is 124 Å². The van der Waals surface area contributed by atoms with Gasteiger partial charge in [-0.2, -0.15) is 0 Å². The van der Waals surface area contributed by atoms with Crippen LogP contribution in [0.4, 0.5) is 0 Å². The molecule has 0 unspecified atom stereocenters. The highest BCUT2D eigenvalue weighted by Crippen LogP contribution is 2.47. The molecule has 0 amide bonds. The highest BCUT2D eigenvalue weighted by atomic mass is 32.1. The van der Waals surface area contributed by atoms with E-state index in [9.17, 15) is 0 Å². The smallest absolute Gasteiger partial charge is 0.165 e. The van der Waals surface area contributed by atoms with Crippen molar-refractivity contribution in [1.82, 2.24) is 14.5 Å². The molecule has 10 aromatic carbocycles. The molecule has 3 nitrogen and oxygen atoms in total. The Bertz CT molecular complexity index is 3800. The molecule has 0 spiro atoms. The SMILES string of the molecule is c1ccc2c(c1)ccc1nc(-c3cccc4c3sc3ccccc34)c(-n3c4ccc5c6ccccc6c6ccccc6c5c4c4ccc5ccccc5c43)nc12. The van der Waals surface area contributed by atoms with Gasteiger partial charge in [-0.15, -0.1) is 11.3 Å². The maximum Gasteiger partial charge on any atom is 0.165 e. The van der Waals surface area contributed by atoms with Crippen molar-refractivity contribution in [2.75, 3.05) is 0 Å². The molecule has 0 radical (unpaired) electrons. The average Bonchev–Trinajstić information content (AvgIpc) is 3.82. The van der Waals surface area contributed by atoms with Crippen molar-refractivity contribution in [2.24, 2.45) is 0 Å². The summed E-state index contributed by atoms with van der Waals surface area (Å²) in [5, 5.41) is 17.1. The van der Waals surface area contributed by atoms with E-state index < -0.39 is 0 Å². The minimum atomic E-state index is 0.833. The van der Waals surface area contributed by atoms with Crippen molar-refractivity contribution in [3.63, 3.8) is 0 Å². The lowest BCUT2D eigenvalue weighted by atomic mass is 9.91. The Labute approximate surface area is 324 Å². The van der Waals surface area contributed by atoms with Crippen LogP contribution in [0.3, 0.4) is 0 Å². The Hall–Kier alpha value is -7.14. The standard InChI is InChI=1S/C52H29N3S/c1-3-14-32-30(12-1)25-28-43-48(32)54-52(49(53-43)42-22-11-21-40-37-19-9-10-23-45(37)56-51(40)42)55-44-29-27-39-36-18-6-5-16-34(36)35-17-7-8-20-38(35)46(39)47(44)41-26-24-31-13-2-4-15-33(31)50(41)55/h1-29H. The van der Waals surface area contributed by atoms with Gasteiger partial charge in [-0.05, 0) is 55.9 Å². The summed E-state index contributed by atoms with van der Waals surface area (Å²) in [7, 11) is 0.